The van der Waals surface area contributed by atoms with Crippen LogP contribution in [0.3, 0.4) is 0 Å². The van der Waals surface area contributed by atoms with Crippen LogP contribution in [-0.4, -0.2) is 68.2 Å². The zero-order valence-electron chi connectivity index (χ0n) is 11.5. The highest BCUT2D eigenvalue weighted by Crippen LogP contribution is 2.13. The number of thiophene rings is 1. The van der Waals surface area contributed by atoms with E-state index in [4.69, 9.17) is 4.74 Å². The summed E-state index contributed by atoms with van der Waals surface area (Å²) in [5.41, 5.74) is 0. The van der Waals surface area contributed by atoms with Crippen molar-refractivity contribution >= 4 is 23.3 Å². The Labute approximate surface area is 122 Å². The van der Waals surface area contributed by atoms with Gasteiger partial charge in [0, 0.05) is 39.8 Å². The van der Waals surface area contributed by atoms with Gasteiger partial charge in [-0.25, -0.2) is 4.79 Å². The number of carbonyl (C=O) groups is 2. The van der Waals surface area contributed by atoms with Gasteiger partial charge in [-0.15, -0.1) is 11.3 Å². The molecular formula is C13H19N3O3S. The van der Waals surface area contributed by atoms with Crippen LogP contribution in [0.4, 0.5) is 4.79 Å². The summed E-state index contributed by atoms with van der Waals surface area (Å²) in [5.74, 6) is 0.0550. The number of carbonyl (C=O) groups excluding carboxylic acids is 2. The van der Waals surface area contributed by atoms with E-state index in [0.717, 1.165) is 4.88 Å². The molecule has 0 spiro atoms. The Kier molecular flexibility index (Phi) is 5.37. The van der Waals surface area contributed by atoms with E-state index in [9.17, 15) is 9.59 Å². The van der Waals surface area contributed by atoms with Crippen LogP contribution in [0.25, 0.3) is 0 Å². The molecule has 0 saturated carbocycles. The quantitative estimate of drug-likeness (QED) is 0.839. The highest BCUT2D eigenvalue weighted by atomic mass is 32.1. The molecule has 7 heteroatoms. The normalized spacial score (nSPS) is 15.2. The van der Waals surface area contributed by atoms with Crippen molar-refractivity contribution in [3.8, 4) is 0 Å². The van der Waals surface area contributed by atoms with Gasteiger partial charge in [-0.05, 0) is 11.4 Å². The fourth-order valence-electron chi connectivity index (χ4n) is 2.04. The molecule has 0 atom stereocenters. The van der Waals surface area contributed by atoms with Crippen LogP contribution in [0.5, 0.6) is 0 Å². The Balaban J connectivity index is 1.77. The standard InChI is InChI=1S/C13H19N3O3S/c1-19-9-4-14-13(18)16-7-5-15(6-8-16)12(17)11-3-2-10-20-11/h2-3,10H,4-9H2,1H3,(H,14,18). The van der Waals surface area contributed by atoms with Crippen LogP contribution in [0.15, 0.2) is 17.5 Å². The molecule has 1 fully saturated rings. The lowest BCUT2D eigenvalue weighted by Gasteiger charge is -2.34. The molecule has 0 bridgehead atoms. The van der Waals surface area contributed by atoms with Crippen LogP contribution < -0.4 is 5.32 Å². The summed E-state index contributed by atoms with van der Waals surface area (Å²) >= 11 is 1.45. The van der Waals surface area contributed by atoms with E-state index in [0.29, 0.717) is 39.3 Å². The fourth-order valence-corrected chi connectivity index (χ4v) is 2.73. The third kappa shape index (κ3) is 3.71. The number of ether oxygens (including phenoxy) is 1. The molecule has 20 heavy (non-hydrogen) atoms. The molecule has 3 amide bonds. The highest BCUT2D eigenvalue weighted by molar-refractivity contribution is 7.12. The lowest BCUT2D eigenvalue weighted by molar-refractivity contribution is 0.0669. The topological polar surface area (TPSA) is 61.9 Å². The van der Waals surface area contributed by atoms with Gasteiger partial charge < -0.3 is 19.9 Å². The number of methoxy groups -OCH3 is 1. The van der Waals surface area contributed by atoms with E-state index in [1.165, 1.54) is 11.3 Å². The van der Waals surface area contributed by atoms with E-state index in [1.54, 1.807) is 16.9 Å². The average Bonchev–Trinajstić information content (AvgIpc) is 3.01. The van der Waals surface area contributed by atoms with Gasteiger partial charge in [0.2, 0.25) is 0 Å². The number of urea groups is 1. The van der Waals surface area contributed by atoms with Crippen molar-refractivity contribution in [2.24, 2.45) is 0 Å². The smallest absolute Gasteiger partial charge is 0.317 e. The summed E-state index contributed by atoms with van der Waals surface area (Å²) in [6, 6.07) is 3.61. The zero-order valence-corrected chi connectivity index (χ0v) is 12.3. The number of amides is 3. The van der Waals surface area contributed by atoms with E-state index >= 15 is 0 Å². The molecule has 2 heterocycles. The largest absolute Gasteiger partial charge is 0.383 e. The lowest BCUT2D eigenvalue weighted by atomic mass is 10.3. The second kappa shape index (κ2) is 7.25. The number of rotatable bonds is 4. The molecule has 1 aromatic rings. The van der Waals surface area contributed by atoms with Crippen molar-refractivity contribution in [3.05, 3.63) is 22.4 Å². The van der Waals surface area contributed by atoms with Crippen LogP contribution in [0.2, 0.25) is 0 Å². The summed E-state index contributed by atoms with van der Waals surface area (Å²) in [6.07, 6.45) is 0. The molecule has 2 rings (SSSR count). The average molecular weight is 297 g/mol. The minimum absolute atomic E-state index is 0.0550. The van der Waals surface area contributed by atoms with Gasteiger partial charge in [-0.2, -0.15) is 0 Å². The van der Waals surface area contributed by atoms with Crippen molar-refractivity contribution < 1.29 is 14.3 Å². The fraction of sp³-hybridized carbons (Fsp3) is 0.538. The second-order valence-electron chi connectivity index (χ2n) is 4.48. The van der Waals surface area contributed by atoms with E-state index < -0.39 is 0 Å². The van der Waals surface area contributed by atoms with Gasteiger partial charge in [-0.1, -0.05) is 6.07 Å². The number of hydrogen-bond donors (Lipinski definition) is 1. The minimum atomic E-state index is -0.0923. The Morgan fingerprint density at radius 2 is 2.00 bits per heavy atom. The Bertz CT molecular complexity index is 442. The summed E-state index contributed by atoms with van der Waals surface area (Å²) in [6.45, 7) is 3.29. The first-order valence-electron chi connectivity index (χ1n) is 6.57. The number of hydrogen-bond acceptors (Lipinski definition) is 4. The second-order valence-corrected chi connectivity index (χ2v) is 5.43. The minimum Gasteiger partial charge on any atom is -0.383 e. The molecule has 6 nitrogen and oxygen atoms in total. The van der Waals surface area contributed by atoms with Crippen molar-refractivity contribution in [1.29, 1.82) is 0 Å². The van der Waals surface area contributed by atoms with Crippen molar-refractivity contribution in [2.45, 2.75) is 0 Å². The Morgan fingerprint density at radius 1 is 1.30 bits per heavy atom. The molecule has 110 valence electrons. The summed E-state index contributed by atoms with van der Waals surface area (Å²) in [4.78, 5) is 28.3. The third-order valence-electron chi connectivity index (χ3n) is 3.17. The lowest BCUT2D eigenvalue weighted by Crippen LogP contribution is -2.53. The predicted molar refractivity (Wildman–Crippen MR) is 77.1 cm³/mol. The zero-order chi connectivity index (χ0) is 14.4. The number of nitrogens with one attached hydrogen (secondary N) is 1. The maximum atomic E-state index is 12.1. The highest BCUT2D eigenvalue weighted by Gasteiger charge is 2.24. The predicted octanol–water partition coefficient (Wildman–Crippen LogP) is 0.862. The van der Waals surface area contributed by atoms with Gasteiger partial charge in [-0.3, -0.25) is 4.79 Å². The molecule has 0 unspecified atom stereocenters. The maximum absolute atomic E-state index is 12.1. The third-order valence-corrected chi connectivity index (χ3v) is 4.03. The molecule has 0 radical (unpaired) electrons. The van der Waals surface area contributed by atoms with Gasteiger partial charge in [0.05, 0.1) is 11.5 Å². The molecule has 1 aliphatic heterocycles. The van der Waals surface area contributed by atoms with E-state index in [-0.39, 0.29) is 11.9 Å². The number of nitrogens with zero attached hydrogens (tertiary/aromatic N) is 2. The van der Waals surface area contributed by atoms with E-state index in [2.05, 4.69) is 5.32 Å². The summed E-state index contributed by atoms with van der Waals surface area (Å²) in [5, 5.41) is 4.68. The monoisotopic (exact) mass is 297 g/mol. The van der Waals surface area contributed by atoms with Gasteiger partial charge >= 0.3 is 6.03 Å². The Morgan fingerprint density at radius 3 is 2.60 bits per heavy atom. The first kappa shape index (κ1) is 14.8. The van der Waals surface area contributed by atoms with Crippen molar-refractivity contribution in [1.82, 2.24) is 15.1 Å². The van der Waals surface area contributed by atoms with Crippen LogP contribution in [-0.2, 0) is 4.74 Å². The van der Waals surface area contributed by atoms with Crippen molar-refractivity contribution in [2.75, 3.05) is 46.4 Å². The summed E-state index contributed by atoms with van der Waals surface area (Å²) in [7, 11) is 1.60. The van der Waals surface area contributed by atoms with Gasteiger partial charge in [0.15, 0.2) is 0 Å². The molecule has 0 aliphatic carbocycles. The molecular weight excluding hydrogens is 278 g/mol. The molecule has 1 aromatic heterocycles. The maximum Gasteiger partial charge on any atom is 0.317 e. The SMILES string of the molecule is COCCNC(=O)N1CCN(C(=O)c2cccs2)CC1. The number of piperazine rings is 1. The Hall–Kier alpha value is -1.60. The molecule has 0 aromatic carbocycles. The van der Waals surface area contributed by atoms with E-state index in [1.807, 2.05) is 17.5 Å². The molecule has 1 saturated heterocycles. The molecule has 1 N–H and O–H groups in total. The van der Waals surface area contributed by atoms with Crippen molar-refractivity contribution in [3.63, 3.8) is 0 Å². The molecule has 1 aliphatic rings. The first-order chi connectivity index (χ1) is 9.72. The van der Waals surface area contributed by atoms with Crippen LogP contribution >= 0.6 is 11.3 Å². The van der Waals surface area contributed by atoms with Gasteiger partial charge in [0.25, 0.3) is 5.91 Å². The van der Waals surface area contributed by atoms with Crippen LogP contribution in [0.1, 0.15) is 9.67 Å². The first-order valence-corrected chi connectivity index (χ1v) is 7.45. The van der Waals surface area contributed by atoms with Crippen LogP contribution in [0, 0.1) is 0 Å². The van der Waals surface area contributed by atoms with Gasteiger partial charge in [0.1, 0.15) is 0 Å². The summed E-state index contributed by atoms with van der Waals surface area (Å²) < 4.78 is 4.88.